The Morgan fingerprint density at radius 1 is 1.20 bits per heavy atom. The van der Waals surface area contributed by atoms with E-state index in [1.54, 1.807) is 0 Å². The molecule has 2 heterocycles. The van der Waals surface area contributed by atoms with Gasteiger partial charge in [0.05, 0.1) is 10.8 Å². The molecule has 25 heavy (non-hydrogen) atoms. The minimum atomic E-state index is 0.156. The van der Waals surface area contributed by atoms with Gasteiger partial charge in [-0.05, 0) is 26.1 Å². The van der Waals surface area contributed by atoms with Gasteiger partial charge in [-0.2, -0.15) is 0 Å². The van der Waals surface area contributed by atoms with Crippen molar-refractivity contribution in [3.8, 4) is 11.4 Å². The topological polar surface area (TPSA) is 54.3 Å². The first-order valence-corrected chi connectivity index (χ1v) is 9.73. The van der Waals surface area contributed by atoms with Crippen molar-refractivity contribution in [2.24, 2.45) is 0 Å². The van der Waals surface area contributed by atoms with Crippen molar-refractivity contribution >= 4 is 29.3 Å². The molecule has 0 N–H and O–H groups in total. The van der Waals surface area contributed by atoms with Crippen LogP contribution >= 0.6 is 23.4 Å². The third-order valence-corrected chi connectivity index (χ3v) is 5.61. The second kappa shape index (κ2) is 8.21. The number of hydrogen-bond acceptors (Lipinski definition) is 5. The van der Waals surface area contributed by atoms with E-state index in [0.717, 1.165) is 49.3 Å². The lowest BCUT2D eigenvalue weighted by Gasteiger charge is -2.32. The van der Waals surface area contributed by atoms with Gasteiger partial charge in [0, 0.05) is 38.3 Å². The summed E-state index contributed by atoms with van der Waals surface area (Å²) in [5.41, 5.74) is 0.857. The van der Waals surface area contributed by atoms with Crippen LogP contribution in [0, 0.1) is 0 Å². The quantitative estimate of drug-likeness (QED) is 0.747. The van der Waals surface area contributed by atoms with E-state index >= 15 is 0 Å². The zero-order valence-corrected chi connectivity index (χ0v) is 16.1. The second-order valence-corrected chi connectivity index (χ2v) is 7.35. The largest absolute Gasteiger partial charge is 0.339 e. The predicted octanol–water partition coefficient (Wildman–Crippen LogP) is 2.48. The van der Waals surface area contributed by atoms with Crippen LogP contribution in [0.3, 0.4) is 0 Å². The van der Waals surface area contributed by atoms with Crippen LogP contribution in [0.2, 0.25) is 5.02 Å². The Balaban J connectivity index is 1.69. The number of rotatable bonds is 5. The van der Waals surface area contributed by atoms with Gasteiger partial charge in [-0.15, -0.1) is 10.2 Å². The van der Waals surface area contributed by atoms with E-state index in [9.17, 15) is 4.79 Å². The molecule has 0 radical (unpaired) electrons. The summed E-state index contributed by atoms with van der Waals surface area (Å²) in [5, 5.41) is 9.96. The number of carbonyl (C=O) groups is 1. The summed E-state index contributed by atoms with van der Waals surface area (Å²) in [6, 6.07) is 7.60. The molecule has 1 fully saturated rings. The van der Waals surface area contributed by atoms with Crippen LogP contribution in [0.5, 0.6) is 0 Å². The van der Waals surface area contributed by atoms with E-state index in [0.29, 0.717) is 10.8 Å². The maximum absolute atomic E-state index is 12.4. The van der Waals surface area contributed by atoms with Crippen molar-refractivity contribution in [3.05, 3.63) is 29.3 Å². The zero-order valence-electron chi connectivity index (χ0n) is 14.5. The average Bonchev–Trinajstić information content (AvgIpc) is 3.03. The van der Waals surface area contributed by atoms with Crippen molar-refractivity contribution < 1.29 is 4.79 Å². The van der Waals surface area contributed by atoms with Gasteiger partial charge in [-0.1, -0.05) is 35.5 Å². The monoisotopic (exact) mass is 379 g/mol. The summed E-state index contributed by atoms with van der Waals surface area (Å²) >= 11 is 7.72. The Morgan fingerprint density at radius 3 is 2.60 bits per heavy atom. The Morgan fingerprint density at radius 2 is 1.92 bits per heavy atom. The van der Waals surface area contributed by atoms with E-state index in [4.69, 9.17) is 11.6 Å². The molecule has 1 aliphatic rings. The standard InChI is InChI=1S/C17H22ClN5OS/c1-3-23-16(13-6-4-5-7-14(13)18)19-20-17(23)25-12-15(24)22-10-8-21(2)9-11-22/h4-7H,3,8-12H2,1-2H3. The first-order valence-electron chi connectivity index (χ1n) is 8.37. The summed E-state index contributed by atoms with van der Waals surface area (Å²) in [5.74, 6) is 1.27. The smallest absolute Gasteiger partial charge is 0.233 e. The molecule has 0 spiro atoms. The van der Waals surface area contributed by atoms with Crippen LogP contribution < -0.4 is 0 Å². The molecule has 1 aromatic heterocycles. The third-order valence-electron chi connectivity index (χ3n) is 4.33. The molecular weight excluding hydrogens is 358 g/mol. The van der Waals surface area contributed by atoms with Crippen molar-refractivity contribution in [2.75, 3.05) is 39.0 Å². The first kappa shape index (κ1) is 18.2. The number of thioether (sulfide) groups is 1. The Labute approximate surface area is 157 Å². The van der Waals surface area contributed by atoms with Crippen LogP contribution in [0.4, 0.5) is 0 Å². The molecule has 2 aromatic rings. The fraction of sp³-hybridized carbons (Fsp3) is 0.471. The lowest BCUT2D eigenvalue weighted by molar-refractivity contribution is -0.129. The zero-order chi connectivity index (χ0) is 17.8. The summed E-state index contributed by atoms with van der Waals surface area (Å²) in [4.78, 5) is 16.6. The van der Waals surface area contributed by atoms with E-state index in [1.165, 1.54) is 11.8 Å². The SMILES string of the molecule is CCn1c(SCC(=O)N2CCN(C)CC2)nnc1-c1ccccc1Cl. The first-order chi connectivity index (χ1) is 12.1. The maximum atomic E-state index is 12.4. The van der Waals surface area contributed by atoms with Crippen LogP contribution in [0.15, 0.2) is 29.4 Å². The number of likely N-dealkylation sites (N-methyl/N-ethyl adjacent to an activating group) is 1. The highest BCUT2D eigenvalue weighted by atomic mass is 35.5. The minimum absolute atomic E-state index is 0.156. The summed E-state index contributed by atoms with van der Waals surface area (Å²) in [7, 11) is 2.08. The molecule has 0 unspecified atom stereocenters. The lowest BCUT2D eigenvalue weighted by atomic mass is 10.2. The number of nitrogens with zero attached hydrogens (tertiary/aromatic N) is 5. The summed E-state index contributed by atoms with van der Waals surface area (Å²) in [6.07, 6.45) is 0. The molecule has 6 nitrogen and oxygen atoms in total. The van der Waals surface area contributed by atoms with E-state index in [1.807, 2.05) is 40.7 Å². The van der Waals surface area contributed by atoms with Crippen molar-refractivity contribution in [3.63, 3.8) is 0 Å². The van der Waals surface area contributed by atoms with Gasteiger partial charge in [-0.25, -0.2) is 0 Å². The minimum Gasteiger partial charge on any atom is -0.339 e. The van der Waals surface area contributed by atoms with Gasteiger partial charge in [0.25, 0.3) is 0 Å². The second-order valence-electron chi connectivity index (χ2n) is 6.00. The average molecular weight is 380 g/mol. The molecule has 1 amide bonds. The number of hydrogen-bond donors (Lipinski definition) is 0. The number of halogens is 1. The fourth-order valence-corrected chi connectivity index (χ4v) is 3.92. The molecule has 1 aromatic carbocycles. The molecule has 1 aliphatic heterocycles. The number of benzene rings is 1. The van der Waals surface area contributed by atoms with Gasteiger partial charge in [0.15, 0.2) is 11.0 Å². The van der Waals surface area contributed by atoms with Crippen LogP contribution in [-0.2, 0) is 11.3 Å². The van der Waals surface area contributed by atoms with E-state index in [-0.39, 0.29) is 5.91 Å². The van der Waals surface area contributed by atoms with Gasteiger partial charge in [-0.3, -0.25) is 4.79 Å². The number of amides is 1. The molecule has 1 saturated heterocycles. The Hall–Kier alpha value is -1.57. The normalized spacial score (nSPS) is 15.6. The molecule has 134 valence electrons. The van der Waals surface area contributed by atoms with E-state index in [2.05, 4.69) is 22.1 Å². The van der Waals surface area contributed by atoms with Gasteiger partial charge in [0.1, 0.15) is 0 Å². The summed E-state index contributed by atoms with van der Waals surface area (Å²) < 4.78 is 2.00. The molecule has 0 bridgehead atoms. The van der Waals surface area contributed by atoms with Crippen LogP contribution in [0.25, 0.3) is 11.4 Å². The van der Waals surface area contributed by atoms with Crippen LogP contribution in [0.1, 0.15) is 6.92 Å². The van der Waals surface area contributed by atoms with Gasteiger partial charge in [0.2, 0.25) is 5.91 Å². The van der Waals surface area contributed by atoms with Gasteiger partial charge < -0.3 is 14.4 Å². The van der Waals surface area contributed by atoms with Crippen LogP contribution in [-0.4, -0.2) is 69.5 Å². The highest BCUT2D eigenvalue weighted by Crippen LogP contribution is 2.29. The highest BCUT2D eigenvalue weighted by Gasteiger charge is 2.21. The molecular formula is C17H22ClN5OS. The predicted molar refractivity (Wildman–Crippen MR) is 101 cm³/mol. The Kier molecular flexibility index (Phi) is 5.98. The van der Waals surface area contributed by atoms with Crippen molar-refractivity contribution in [1.29, 1.82) is 0 Å². The fourth-order valence-electron chi connectivity index (χ4n) is 2.80. The van der Waals surface area contributed by atoms with Crippen molar-refractivity contribution in [1.82, 2.24) is 24.6 Å². The molecule has 0 atom stereocenters. The number of carbonyl (C=O) groups excluding carboxylic acids is 1. The molecule has 3 rings (SSSR count). The molecule has 8 heteroatoms. The Bertz CT molecular complexity index is 742. The third kappa shape index (κ3) is 4.16. The molecule has 0 aliphatic carbocycles. The lowest BCUT2D eigenvalue weighted by Crippen LogP contribution is -2.47. The van der Waals surface area contributed by atoms with Gasteiger partial charge >= 0.3 is 0 Å². The van der Waals surface area contributed by atoms with E-state index < -0.39 is 0 Å². The molecule has 0 saturated carbocycles. The maximum Gasteiger partial charge on any atom is 0.233 e. The number of piperazine rings is 1. The highest BCUT2D eigenvalue weighted by molar-refractivity contribution is 7.99. The summed E-state index contributed by atoms with van der Waals surface area (Å²) in [6.45, 7) is 6.20. The van der Waals surface area contributed by atoms with Crippen molar-refractivity contribution in [2.45, 2.75) is 18.6 Å². The number of aromatic nitrogens is 3.